The van der Waals surface area contributed by atoms with Crippen molar-refractivity contribution in [3.63, 3.8) is 0 Å². The Kier molecular flexibility index (Phi) is 7.16. The van der Waals surface area contributed by atoms with Crippen molar-refractivity contribution in [2.24, 2.45) is 4.99 Å². The van der Waals surface area contributed by atoms with Crippen molar-refractivity contribution in [1.82, 2.24) is 20.5 Å². The van der Waals surface area contributed by atoms with Crippen LogP contribution >= 0.6 is 11.3 Å². The highest BCUT2D eigenvalue weighted by molar-refractivity contribution is 7.11. The van der Waals surface area contributed by atoms with Crippen LogP contribution in [0.25, 0.3) is 0 Å². The van der Waals surface area contributed by atoms with Gasteiger partial charge in [0.05, 0.1) is 29.4 Å². The molecule has 0 spiro atoms. The highest BCUT2D eigenvalue weighted by atomic mass is 32.1. The molecule has 2 heterocycles. The summed E-state index contributed by atoms with van der Waals surface area (Å²) in [6.45, 7) is 16.5. The highest BCUT2D eigenvalue weighted by Gasteiger charge is 2.49. The molecule has 2 atom stereocenters. The van der Waals surface area contributed by atoms with Gasteiger partial charge in [0.1, 0.15) is 11.3 Å². The summed E-state index contributed by atoms with van der Waals surface area (Å²) in [5, 5.41) is 7.68. The average molecular weight is 426 g/mol. The standard InChI is InChI=1S/C20H35N5O3S/c1-12-16(29-14(3)24-12)11-23-17(21-9)22-10-15-13(2)27-20(7,8)25(15)18(26)28-19(4,5)6/h13,15H,10-11H2,1-9H3,(H2,21,22,23). The average Bonchev–Trinajstić information content (AvgIpc) is 3.00. The first-order chi connectivity index (χ1) is 13.3. The number of nitrogens with zero attached hydrogens (tertiary/aromatic N) is 3. The van der Waals surface area contributed by atoms with Crippen molar-refractivity contribution >= 4 is 23.4 Å². The zero-order valence-electron chi connectivity index (χ0n) is 19.0. The normalized spacial score (nSPS) is 22.0. The summed E-state index contributed by atoms with van der Waals surface area (Å²) in [6, 6.07) is -0.189. The number of guanidine groups is 1. The second-order valence-corrected chi connectivity index (χ2v) is 10.0. The van der Waals surface area contributed by atoms with Gasteiger partial charge in [0, 0.05) is 18.5 Å². The Balaban J connectivity index is 2.03. The lowest BCUT2D eigenvalue weighted by Gasteiger charge is -2.35. The number of carbonyl (C=O) groups is 1. The van der Waals surface area contributed by atoms with Crippen molar-refractivity contribution in [3.05, 3.63) is 15.6 Å². The van der Waals surface area contributed by atoms with E-state index in [0.717, 1.165) is 10.7 Å². The second kappa shape index (κ2) is 8.87. The van der Waals surface area contributed by atoms with E-state index in [2.05, 4.69) is 20.6 Å². The minimum Gasteiger partial charge on any atom is -0.444 e. The molecule has 29 heavy (non-hydrogen) atoms. The molecule has 0 aliphatic carbocycles. The van der Waals surface area contributed by atoms with Gasteiger partial charge in [-0.2, -0.15) is 0 Å². The molecule has 2 unspecified atom stereocenters. The highest BCUT2D eigenvalue weighted by Crippen LogP contribution is 2.33. The van der Waals surface area contributed by atoms with Gasteiger partial charge in [0.15, 0.2) is 5.96 Å². The Morgan fingerprint density at radius 2 is 2.00 bits per heavy atom. The number of thiazole rings is 1. The van der Waals surface area contributed by atoms with E-state index in [0.29, 0.717) is 19.0 Å². The maximum absolute atomic E-state index is 12.8. The second-order valence-electron chi connectivity index (χ2n) is 8.74. The lowest BCUT2D eigenvalue weighted by atomic mass is 10.1. The maximum atomic E-state index is 12.8. The first-order valence-corrected chi connectivity index (χ1v) is 10.7. The fraction of sp³-hybridized carbons (Fsp3) is 0.750. The van der Waals surface area contributed by atoms with Crippen LogP contribution in [0.2, 0.25) is 0 Å². The molecule has 164 valence electrons. The van der Waals surface area contributed by atoms with Crippen LogP contribution < -0.4 is 10.6 Å². The van der Waals surface area contributed by atoms with E-state index in [-0.39, 0.29) is 18.2 Å². The zero-order chi connectivity index (χ0) is 22.0. The van der Waals surface area contributed by atoms with Crippen LogP contribution in [-0.2, 0) is 16.0 Å². The van der Waals surface area contributed by atoms with E-state index in [4.69, 9.17) is 9.47 Å². The van der Waals surface area contributed by atoms with Gasteiger partial charge < -0.3 is 20.1 Å². The molecule has 9 heteroatoms. The Labute approximate surface area is 178 Å². The van der Waals surface area contributed by atoms with Crippen molar-refractivity contribution in [1.29, 1.82) is 0 Å². The molecule has 1 aromatic rings. The van der Waals surface area contributed by atoms with E-state index in [1.54, 1.807) is 23.3 Å². The number of aryl methyl sites for hydroxylation is 2. The fourth-order valence-corrected chi connectivity index (χ4v) is 4.32. The predicted molar refractivity (Wildman–Crippen MR) is 116 cm³/mol. The van der Waals surface area contributed by atoms with Crippen LogP contribution in [-0.4, -0.2) is 59.0 Å². The minimum atomic E-state index is -0.748. The molecule has 2 rings (SSSR count). The summed E-state index contributed by atoms with van der Waals surface area (Å²) >= 11 is 1.67. The Morgan fingerprint density at radius 1 is 1.34 bits per heavy atom. The summed E-state index contributed by atoms with van der Waals surface area (Å²) in [7, 11) is 1.73. The Bertz CT molecular complexity index is 754. The van der Waals surface area contributed by atoms with Crippen LogP contribution in [0.4, 0.5) is 4.79 Å². The molecule has 0 bridgehead atoms. The molecule has 0 saturated carbocycles. The molecule has 1 aliphatic rings. The Hall–Kier alpha value is -1.87. The number of aliphatic imine (C=N–C) groups is 1. The summed E-state index contributed by atoms with van der Waals surface area (Å²) < 4.78 is 11.7. The van der Waals surface area contributed by atoms with E-state index in [1.807, 2.05) is 55.4 Å². The van der Waals surface area contributed by atoms with Gasteiger partial charge in [-0.25, -0.2) is 9.78 Å². The van der Waals surface area contributed by atoms with E-state index >= 15 is 0 Å². The molecule has 1 aromatic heterocycles. The van der Waals surface area contributed by atoms with Gasteiger partial charge in [-0.15, -0.1) is 11.3 Å². The van der Waals surface area contributed by atoms with Crippen LogP contribution in [0.3, 0.4) is 0 Å². The van der Waals surface area contributed by atoms with E-state index in [9.17, 15) is 4.79 Å². The van der Waals surface area contributed by atoms with E-state index in [1.165, 1.54) is 4.88 Å². The van der Waals surface area contributed by atoms with Gasteiger partial charge in [-0.05, 0) is 55.4 Å². The van der Waals surface area contributed by atoms with Gasteiger partial charge in [0.25, 0.3) is 0 Å². The lowest BCUT2D eigenvalue weighted by molar-refractivity contribution is -0.0755. The van der Waals surface area contributed by atoms with Crippen molar-refractivity contribution in [3.8, 4) is 0 Å². The topological polar surface area (TPSA) is 88.1 Å². The molecule has 0 radical (unpaired) electrons. The van der Waals surface area contributed by atoms with Crippen LogP contribution in [0.5, 0.6) is 0 Å². The Morgan fingerprint density at radius 3 is 2.52 bits per heavy atom. The van der Waals surface area contributed by atoms with Crippen LogP contribution in [0, 0.1) is 13.8 Å². The van der Waals surface area contributed by atoms with Crippen LogP contribution in [0.15, 0.2) is 4.99 Å². The molecule has 1 saturated heterocycles. The summed E-state index contributed by atoms with van der Waals surface area (Å²) in [5.74, 6) is 0.663. The molecule has 1 aliphatic heterocycles. The molecule has 1 fully saturated rings. The fourth-order valence-electron chi connectivity index (χ4n) is 3.45. The van der Waals surface area contributed by atoms with Gasteiger partial charge in [-0.1, -0.05) is 0 Å². The molecule has 1 amide bonds. The van der Waals surface area contributed by atoms with Crippen molar-refractivity contribution in [2.75, 3.05) is 13.6 Å². The third kappa shape index (κ3) is 6.05. The molecule has 0 aromatic carbocycles. The largest absolute Gasteiger partial charge is 0.444 e. The molecular formula is C20H35N5O3S. The molecular weight excluding hydrogens is 390 g/mol. The summed E-state index contributed by atoms with van der Waals surface area (Å²) in [5.41, 5.74) is -0.284. The monoisotopic (exact) mass is 425 g/mol. The number of hydrogen-bond acceptors (Lipinski definition) is 6. The minimum absolute atomic E-state index is 0.144. The van der Waals surface area contributed by atoms with E-state index < -0.39 is 11.3 Å². The number of carbonyl (C=O) groups excluding carboxylic acids is 1. The third-order valence-corrected chi connectivity index (χ3v) is 5.71. The zero-order valence-corrected chi connectivity index (χ0v) is 19.9. The quantitative estimate of drug-likeness (QED) is 0.569. The lowest BCUT2D eigenvalue weighted by Crippen LogP contribution is -2.54. The van der Waals surface area contributed by atoms with Gasteiger partial charge in [0.2, 0.25) is 0 Å². The number of amides is 1. The number of nitrogens with one attached hydrogen (secondary N) is 2. The van der Waals surface area contributed by atoms with Crippen molar-refractivity contribution < 1.29 is 14.3 Å². The van der Waals surface area contributed by atoms with Gasteiger partial charge in [-0.3, -0.25) is 9.89 Å². The summed E-state index contributed by atoms with van der Waals surface area (Å²) in [6.07, 6.45) is -0.521. The summed E-state index contributed by atoms with van der Waals surface area (Å²) in [4.78, 5) is 24.4. The number of aromatic nitrogens is 1. The smallest absolute Gasteiger partial charge is 0.412 e. The molecule has 2 N–H and O–H groups in total. The maximum Gasteiger partial charge on any atom is 0.412 e. The number of ether oxygens (including phenoxy) is 2. The number of rotatable bonds is 4. The predicted octanol–water partition coefficient (Wildman–Crippen LogP) is 3.19. The van der Waals surface area contributed by atoms with Crippen molar-refractivity contribution in [2.45, 2.75) is 85.4 Å². The SMILES string of the molecule is CN=C(NCc1sc(C)nc1C)NCC1C(C)OC(C)(C)N1C(=O)OC(C)(C)C. The number of hydrogen-bond donors (Lipinski definition) is 2. The first-order valence-electron chi connectivity index (χ1n) is 9.91. The first kappa shape index (κ1) is 23.4. The van der Waals surface area contributed by atoms with Gasteiger partial charge >= 0.3 is 6.09 Å². The third-order valence-electron chi connectivity index (χ3n) is 4.64. The van der Waals surface area contributed by atoms with Crippen LogP contribution in [0.1, 0.15) is 57.1 Å². The molecule has 8 nitrogen and oxygen atoms in total.